The Kier molecular flexibility index (Phi) is 11.4. The minimum absolute atomic E-state index is 0.246. The lowest BCUT2D eigenvalue weighted by Gasteiger charge is -2.13. The normalized spacial score (nSPS) is 15.1. The standard InChI is InChI=1S/C17H33NO2/c1-5-6-7-8-9-10-13-18-16(4)14(2)11-12-15(3)17(19)20/h14-15H,5-13H2,1-4H3,(H,19,20). The molecule has 0 saturated carbocycles. The Morgan fingerprint density at radius 1 is 1.00 bits per heavy atom. The summed E-state index contributed by atoms with van der Waals surface area (Å²) in [4.78, 5) is 15.4. The molecule has 20 heavy (non-hydrogen) atoms. The Labute approximate surface area is 124 Å². The lowest BCUT2D eigenvalue weighted by molar-refractivity contribution is -0.141. The molecule has 118 valence electrons. The van der Waals surface area contributed by atoms with Gasteiger partial charge in [-0.1, -0.05) is 52.9 Å². The van der Waals surface area contributed by atoms with Gasteiger partial charge in [0.15, 0.2) is 0 Å². The third-order valence-electron chi connectivity index (χ3n) is 4.04. The van der Waals surface area contributed by atoms with Gasteiger partial charge in [-0.3, -0.25) is 9.79 Å². The van der Waals surface area contributed by atoms with Crippen molar-refractivity contribution >= 4 is 11.7 Å². The van der Waals surface area contributed by atoms with Crippen LogP contribution >= 0.6 is 0 Å². The fourth-order valence-corrected chi connectivity index (χ4v) is 2.14. The number of aliphatic carboxylic acids is 1. The molecule has 0 aliphatic carbocycles. The summed E-state index contributed by atoms with van der Waals surface area (Å²) < 4.78 is 0. The second-order valence-corrected chi connectivity index (χ2v) is 6.01. The second-order valence-electron chi connectivity index (χ2n) is 6.01. The van der Waals surface area contributed by atoms with Gasteiger partial charge in [-0.25, -0.2) is 0 Å². The molecule has 2 unspecified atom stereocenters. The Morgan fingerprint density at radius 2 is 1.55 bits per heavy atom. The van der Waals surface area contributed by atoms with Crippen LogP contribution in [0.2, 0.25) is 0 Å². The maximum Gasteiger partial charge on any atom is 0.306 e. The van der Waals surface area contributed by atoms with Crippen LogP contribution in [0.15, 0.2) is 4.99 Å². The van der Waals surface area contributed by atoms with Crippen LogP contribution in [0.25, 0.3) is 0 Å². The van der Waals surface area contributed by atoms with Gasteiger partial charge in [-0.15, -0.1) is 0 Å². The quantitative estimate of drug-likeness (QED) is 0.407. The van der Waals surface area contributed by atoms with Crippen molar-refractivity contribution in [3.8, 4) is 0 Å². The number of hydrogen-bond donors (Lipinski definition) is 1. The highest BCUT2D eigenvalue weighted by atomic mass is 16.4. The summed E-state index contributed by atoms with van der Waals surface area (Å²) in [6.07, 6.45) is 9.43. The molecule has 0 bridgehead atoms. The number of carboxylic acid groups (broad SMARTS) is 1. The topological polar surface area (TPSA) is 49.7 Å². The van der Waals surface area contributed by atoms with Gasteiger partial charge in [-0.05, 0) is 32.1 Å². The van der Waals surface area contributed by atoms with Crippen LogP contribution in [0.4, 0.5) is 0 Å². The minimum atomic E-state index is -0.695. The first kappa shape index (κ1) is 19.1. The van der Waals surface area contributed by atoms with E-state index in [4.69, 9.17) is 5.11 Å². The number of nitrogens with zero attached hydrogens (tertiary/aromatic N) is 1. The van der Waals surface area contributed by atoms with Crippen LogP contribution in [0, 0.1) is 11.8 Å². The van der Waals surface area contributed by atoms with Crippen molar-refractivity contribution in [3.05, 3.63) is 0 Å². The Bertz CT molecular complexity index is 287. The second kappa shape index (κ2) is 11.9. The summed E-state index contributed by atoms with van der Waals surface area (Å²) in [6.45, 7) is 9.16. The number of unbranched alkanes of at least 4 members (excludes halogenated alkanes) is 5. The van der Waals surface area contributed by atoms with E-state index in [9.17, 15) is 4.79 Å². The maximum absolute atomic E-state index is 10.8. The van der Waals surface area contributed by atoms with E-state index in [0.717, 1.165) is 19.4 Å². The van der Waals surface area contributed by atoms with Crippen molar-refractivity contribution in [2.24, 2.45) is 16.8 Å². The van der Waals surface area contributed by atoms with E-state index in [1.165, 1.54) is 44.2 Å². The molecular formula is C17H33NO2. The molecular weight excluding hydrogens is 250 g/mol. The molecule has 0 aliphatic rings. The van der Waals surface area contributed by atoms with Gasteiger partial charge in [0.25, 0.3) is 0 Å². The molecule has 0 aromatic rings. The maximum atomic E-state index is 10.8. The predicted molar refractivity (Wildman–Crippen MR) is 86.5 cm³/mol. The molecule has 0 rings (SSSR count). The summed E-state index contributed by atoms with van der Waals surface area (Å²) in [5.74, 6) is -0.542. The highest BCUT2D eigenvalue weighted by Crippen LogP contribution is 2.14. The SMILES string of the molecule is CCCCCCCCN=C(C)C(C)CCC(C)C(=O)O. The number of aliphatic imine (C=N–C) groups is 1. The third kappa shape index (κ3) is 9.99. The van der Waals surface area contributed by atoms with Crippen molar-refractivity contribution < 1.29 is 9.90 Å². The fourth-order valence-electron chi connectivity index (χ4n) is 2.14. The third-order valence-corrected chi connectivity index (χ3v) is 4.04. The smallest absolute Gasteiger partial charge is 0.306 e. The minimum Gasteiger partial charge on any atom is -0.481 e. The molecule has 1 N–H and O–H groups in total. The highest BCUT2D eigenvalue weighted by molar-refractivity contribution is 5.84. The van der Waals surface area contributed by atoms with Gasteiger partial charge >= 0.3 is 5.97 Å². The zero-order valence-corrected chi connectivity index (χ0v) is 13.8. The van der Waals surface area contributed by atoms with E-state index < -0.39 is 5.97 Å². The lowest BCUT2D eigenvalue weighted by atomic mass is 9.95. The van der Waals surface area contributed by atoms with E-state index in [-0.39, 0.29) is 5.92 Å². The summed E-state index contributed by atoms with van der Waals surface area (Å²) in [5.41, 5.74) is 1.18. The van der Waals surface area contributed by atoms with Gasteiger partial charge in [-0.2, -0.15) is 0 Å². The molecule has 0 saturated heterocycles. The van der Waals surface area contributed by atoms with Crippen LogP contribution in [0.1, 0.15) is 79.1 Å². The van der Waals surface area contributed by atoms with E-state index in [1.54, 1.807) is 6.92 Å². The largest absolute Gasteiger partial charge is 0.481 e. The van der Waals surface area contributed by atoms with Gasteiger partial charge in [0, 0.05) is 12.3 Å². The average molecular weight is 283 g/mol. The fraction of sp³-hybridized carbons (Fsp3) is 0.882. The predicted octanol–water partition coefficient (Wildman–Crippen LogP) is 4.94. The summed E-state index contributed by atoms with van der Waals surface area (Å²) in [7, 11) is 0. The van der Waals surface area contributed by atoms with Crippen LogP contribution in [0.3, 0.4) is 0 Å². The van der Waals surface area contributed by atoms with Crippen molar-refractivity contribution in [1.82, 2.24) is 0 Å². The Hall–Kier alpha value is -0.860. The van der Waals surface area contributed by atoms with E-state index in [0.29, 0.717) is 5.92 Å². The van der Waals surface area contributed by atoms with Crippen LogP contribution in [-0.2, 0) is 4.79 Å². The van der Waals surface area contributed by atoms with Crippen molar-refractivity contribution in [2.45, 2.75) is 79.1 Å². The number of carboxylic acids is 1. The zero-order valence-electron chi connectivity index (χ0n) is 13.8. The Balaban J connectivity index is 3.73. The first-order valence-electron chi connectivity index (χ1n) is 8.22. The number of hydrogen-bond acceptors (Lipinski definition) is 2. The van der Waals surface area contributed by atoms with Crippen LogP contribution < -0.4 is 0 Å². The summed E-state index contributed by atoms with van der Waals surface area (Å²) in [5, 5.41) is 8.87. The van der Waals surface area contributed by atoms with Crippen LogP contribution in [0.5, 0.6) is 0 Å². The van der Waals surface area contributed by atoms with Gasteiger partial charge < -0.3 is 5.11 Å². The lowest BCUT2D eigenvalue weighted by Crippen LogP contribution is -2.14. The van der Waals surface area contributed by atoms with E-state index in [2.05, 4.69) is 25.8 Å². The van der Waals surface area contributed by atoms with Crippen molar-refractivity contribution in [3.63, 3.8) is 0 Å². The summed E-state index contributed by atoms with van der Waals surface area (Å²) >= 11 is 0. The van der Waals surface area contributed by atoms with E-state index >= 15 is 0 Å². The number of carbonyl (C=O) groups is 1. The van der Waals surface area contributed by atoms with Crippen molar-refractivity contribution in [1.29, 1.82) is 0 Å². The molecule has 0 radical (unpaired) electrons. The molecule has 0 aliphatic heterocycles. The summed E-state index contributed by atoms with van der Waals surface area (Å²) in [6, 6.07) is 0. The zero-order chi connectivity index (χ0) is 15.4. The van der Waals surface area contributed by atoms with Gasteiger partial charge in [0.1, 0.15) is 0 Å². The first-order valence-corrected chi connectivity index (χ1v) is 8.22. The molecule has 0 aromatic heterocycles. The molecule has 0 amide bonds. The Morgan fingerprint density at radius 3 is 2.15 bits per heavy atom. The molecule has 3 heteroatoms. The highest BCUT2D eigenvalue weighted by Gasteiger charge is 2.13. The molecule has 0 spiro atoms. The molecule has 0 heterocycles. The molecule has 2 atom stereocenters. The molecule has 0 aromatic carbocycles. The van der Waals surface area contributed by atoms with E-state index in [1.807, 2.05) is 0 Å². The molecule has 3 nitrogen and oxygen atoms in total. The molecule has 0 fully saturated rings. The number of rotatable bonds is 12. The average Bonchev–Trinajstić information content (AvgIpc) is 2.42. The van der Waals surface area contributed by atoms with Crippen LogP contribution in [-0.4, -0.2) is 23.3 Å². The van der Waals surface area contributed by atoms with Gasteiger partial charge in [0.2, 0.25) is 0 Å². The van der Waals surface area contributed by atoms with Gasteiger partial charge in [0.05, 0.1) is 5.92 Å². The monoisotopic (exact) mass is 283 g/mol. The van der Waals surface area contributed by atoms with Crippen molar-refractivity contribution in [2.75, 3.05) is 6.54 Å². The first-order chi connectivity index (χ1) is 9.49.